The molecule has 0 bridgehead atoms. The number of fused-ring (bicyclic) bond motifs is 1. The Morgan fingerprint density at radius 1 is 1.42 bits per heavy atom. The number of nitrogens with zero attached hydrogens (tertiary/aromatic N) is 2. The number of hydrogen-bond donors (Lipinski definition) is 2. The van der Waals surface area contributed by atoms with Crippen molar-refractivity contribution in [3.05, 3.63) is 30.0 Å². The Kier molecular flexibility index (Phi) is 4.68. The van der Waals surface area contributed by atoms with E-state index in [0.717, 1.165) is 16.6 Å². The highest BCUT2D eigenvalue weighted by Crippen LogP contribution is 2.49. The topological polar surface area (TPSA) is 84.2 Å². The summed E-state index contributed by atoms with van der Waals surface area (Å²) in [7, 11) is 1.81. The molecular formula is C18H21F2N3O3. The van der Waals surface area contributed by atoms with Crippen LogP contribution in [0.25, 0.3) is 10.9 Å². The minimum absolute atomic E-state index is 0.141. The molecule has 3 rings (SSSR count). The van der Waals surface area contributed by atoms with Crippen molar-refractivity contribution >= 4 is 22.8 Å². The first-order valence-corrected chi connectivity index (χ1v) is 8.52. The summed E-state index contributed by atoms with van der Waals surface area (Å²) in [5, 5.41) is 16.7. The predicted octanol–water partition coefficient (Wildman–Crippen LogP) is 2.68. The van der Waals surface area contributed by atoms with Gasteiger partial charge in [0.15, 0.2) is 0 Å². The van der Waals surface area contributed by atoms with Gasteiger partial charge in [0.05, 0.1) is 17.6 Å². The molecule has 140 valence electrons. The lowest BCUT2D eigenvalue weighted by molar-refractivity contribution is -0.142. The Bertz CT molecular complexity index is 851. The van der Waals surface area contributed by atoms with Gasteiger partial charge < -0.3 is 10.4 Å². The summed E-state index contributed by atoms with van der Waals surface area (Å²) < 4.78 is 28.7. The average molecular weight is 365 g/mol. The van der Waals surface area contributed by atoms with Gasteiger partial charge in [0.1, 0.15) is 5.54 Å². The maximum absolute atomic E-state index is 13.5. The Labute approximate surface area is 149 Å². The number of carbonyl (C=O) groups excluding carboxylic acids is 1. The summed E-state index contributed by atoms with van der Waals surface area (Å²) in [5.74, 6) is -2.51. The second-order valence-corrected chi connectivity index (χ2v) is 6.84. The van der Waals surface area contributed by atoms with Gasteiger partial charge in [-0.15, -0.1) is 0 Å². The summed E-state index contributed by atoms with van der Waals surface area (Å²) in [4.78, 5) is 23.5. The Balaban J connectivity index is 1.78. The van der Waals surface area contributed by atoms with Crippen LogP contribution in [0.2, 0.25) is 0 Å². The van der Waals surface area contributed by atoms with E-state index in [9.17, 15) is 18.4 Å². The number of carbonyl (C=O) groups is 2. The number of alkyl halides is 2. The SMILES string of the molecule is CCC(CC(=O)O)(NC(=O)[C@@H]1C[C@H]1c1nn(C)c2ccccc12)C(F)F. The average Bonchev–Trinajstić information content (AvgIpc) is 3.32. The monoisotopic (exact) mass is 365 g/mol. The van der Waals surface area contributed by atoms with Crippen molar-refractivity contribution in [1.29, 1.82) is 0 Å². The lowest BCUT2D eigenvalue weighted by atomic mass is 9.92. The Hall–Kier alpha value is -2.51. The molecule has 2 aromatic rings. The maximum atomic E-state index is 13.5. The minimum atomic E-state index is -2.96. The van der Waals surface area contributed by atoms with Crippen LogP contribution in [0.5, 0.6) is 0 Å². The zero-order valence-electron chi connectivity index (χ0n) is 14.6. The second-order valence-electron chi connectivity index (χ2n) is 6.84. The van der Waals surface area contributed by atoms with E-state index in [2.05, 4.69) is 10.4 Å². The van der Waals surface area contributed by atoms with Gasteiger partial charge in [0.2, 0.25) is 5.91 Å². The summed E-state index contributed by atoms with van der Waals surface area (Å²) in [5.41, 5.74) is -0.321. The van der Waals surface area contributed by atoms with E-state index >= 15 is 0 Å². The zero-order valence-corrected chi connectivity index (χ0v) is 14.6. The smallest absolute Gasteiger partial charge is 0.305 e. The van der Waals surface area contributed by atoms with Crippen LogP contribution in [0.4, 0.5) is 8.78 Å². The fraction of sp³-hybridized carbons (Fsp3) is 0.500. The van der Waals surface area contributed by atoms with Crippen molar-refractivity contribution in [2.45, 2.75) is 44.1 Å². The van der Waals surface area contributed by atoms with Crippen LogP contribution in [0, 0.1) is 5.92 Å². The van der Waals surface area contributed by atoms with Crippen LogP contribution in [-0.4, -0.2) is 38.7 Å². The van der Waals surface area contributed by atoms with Crippen molar-refractivity contribution in [1.82, 2.24) is 15.1 Å². The number of para-hydroxylation sites is 1. The molecule has 1 aliphatic rings. The number of carboxylic acids is 1. The van der Waals surface area contributed by atoms with Crippen molar-refractivity contribution < 1.29 is 23.5 Å². The summed E-state index contributed by atoms with van der Waals surface area (Å²) in [6.45, 7) is 1.45. The van der Waals surface area contributed by atoms with Crippen molar-refractivity contribution in [3.63, 3.8) is 0 Å². The molecule has 0 saturated heterocycles. The Morgan fingerprint density at radius 2 is 2.12 bits per heavy atom. The number of hydrogen-bond acceptors (Lipinski definition) is 3. The maximum Gasteiger partial charge on any atom is 0.305 e. The lowest BCUT2D eigenvalue weighted by Crippen LogP contribution is -2.55. The molecule has 8 heteroatoms. The van der Waals surface area contributed by atoms with Crippen molar-refractivity contribution in [2.75, 3.05) is 0 Å². The molecule has 3 atom stereocenters. The molecule has 0 radical (unpaired) electrons. The van der Waals surface area contributed by atoms with E-state index in [4.69, 9.17) is 5.11 Å². The quantitative estimate of drug-likeness (QED) is 0.790. The summed E-state index contributed by atoms with van der Waals surface area (Å²) in [6, 6.07) is 7.63. The molecule has 1 aromatic carbocycles. The van der Waals surface area contributed by atoms with Gasteiger partial charge in [-0.1, -0.05) is 25.1 Å². The number of rotatable bonds is 7. The highest BCUT2D eigenvalue weighted by atomic mass is 19.3. The zero-order chi connectivity index (χ0) is 19.1. The van der Waals surface area contributed by atoms with Gasteiger partial charge in [-0.25, -0.2) is 8.78 Å². The second kappa shape index (κ2) is 6.66. The standard InChI is InChI=1S/C18H21F2N3O3/c1-3-18(17(19)20,9-14(24)25)21-16(26)12-8-11(12)15-10-6-4-5-7-13(10)23(2)22-15/h4-7,11-12,17H,3,8-9H2,1-2H3,(H,21,26)(H,24,25)/t11-,12-,18?/m1/s1. The number of aryl methyl sites for hydroxylation is 1. The fourth-order valence-electron chi connectivity index (χ4n) is 3.45. The molecule has 1 fully saturated rings. The van der Waals surface area contributed by atoms with Crippen LogP contribution in [0.3, 0.4) is 0 Å². The molecular weight excluding hydrogens is 344 g/mol. The van der Waals surface area contributed by atoms with Gasteiger partial charge in [-0.05, 0) is 18.9 Å². The van der Waals surface area contributed by atoms with Crippen LogP contribution in [0.1, 0.15) is 37.8 Å². The number of benzene rings is 1. The largest absolute Gasteiger partial charge is 0.481 e. The van der Waals surface area contributed by atoms with Gasteiger partial charge in [0, 0.05) is 24.3 Å². The lowest BCUT2D eigenvalue weighted by Gasteiger charge is -2.31. The van der Waals surface area contributed by atoms with Crippen LogP contribution in [-0.2, 0) is 16.6 Å². The normalized spacial score (nSPS) is 21.6. The van der Waals surface area contributed by atoms with Crippen LogP contribution in [0.15, 0.2) is 24.3 Å². The van der Waals surface area contributed by atoms with Gasteiger partial charge in [-0.3, -0.25) is 14.3 Å². The number of carboxylic acid groups (broad SMARTS) is 1. The summed E-state index contributed by atoms with van der Waals surface area (Å²) >= 11 is 0. The number of aromatic nitrogens is 2. The molecule has 6 nitrogen and oxygen atoms in total. The highest BCUT2D eigenvalue weighted by Gasteiger charge is 2.50. The molecule has 0 spiro atoms. The highest BCUT2D eigenvalue weighted by molar-refractivity contribution is 5.88. The molecule has 26 heavy (non-hydrogen) atoms. The van der Waals surface area contributed by atoms with E-state index in [1.165, 1.54) is 6.92 Å². The third-order valence-electron chi connectivity index (χ3n) is 5.15. The van der Waals surface area contributed by atoms with E-state index in [1.807, 2.05) is 31.3 Å². The molecule has 1 amide bonds. The van der Waals surface area contributed by atoms with Gasteiger partial charge >= 0.3 is 5.97 Å². The third kappa shape index (κ3) is 3.15. The van der Waals surface area contributed by atoms with Gasteiger partial charge in [-0.2, -0.15) is 5.10 Å². The number of aliphatic carboxylic acids is 1. The van der Waals surface area contributed by atoms with E-state index < -0.39 is 36.2 Å². The molecule has 1 heterocycles. The fourth-order valence-corrected chi connectivity index (χ4v) is 3.45. The van der Waals surface area contributed by atoms with Crippen molar-refractivity contribution in [2.24, 2.45) is 13.0 Å². The number of nitrogens with one attached hydrogen (secondary N) is 1. The van der Waals surface area contributed by atoms with Crippen LogP contribution < -0.4 is 5.32 Å². The van der Waals surface area contributed by atoms with E-state index in [1.54, 1.807) is 4.68 Å². The molecule has 0 aliphatic heterocycles. The van der Waals surface area contributed by atoms with E-state index in [0.29, 0.717) is 6.42 Å². The first kappa shape index (κ1) is 18.3. The summed E-state index contributed by atoms with van der Waals surface area (Å²) in [6.07, 6.45) is -3.41. The first-order valence-electron chi connectivity index (χ1n) is 8.52. The number of amides is 1. The van der Waals surface area contributed by atoms with Crippen LogP contribution >= 0.6 is 0 Å². The molecule has 1 aliphatic carbocycles. The Morgan fingerprint density at radius 3 is 2.73 bits per heavy atom. The number of halogens is 2. The predicted molar refractivity (Wildman–Crippen MR) is 91.0 cm³/mol. The molecule has 1 unspecified atom stereocenters. The molecule has 2 N–H and O–H groups in total. The first-order chi connectivity index (χ1) is 12.3. The molecule has 1 aromatic heterocycles. The van der Waals surface area contributed by atoms with Gasteiger partial charge in [0.25, 0.3) is 6.43 Å². The van der Waals surface area contributed by atoms with E-state index in [-0.39, 0.29) is 12.3 Å². The third-order valence-corrected chi connectivity index (χ3v) is 5.15. The molecule has 1 saturated carbocycles. The van der Waals surface area contributed by atoms with Crippen molar-refractivity contribution in [3.8, 4) is 0 Å². The minimum Gasteiger partial charge on any atom is -0.481 e.